The second kappa shape index (κ2) is 6.33. The molecule has 0 radical (unpaired) electrons. The summed E-state index contributed by atoms with van der Waals surface area (Å²) in [5.41, 5.74) is 1.33. The van der Waals surface area contributed by atoms with Crippen molar-refractivity contribution in [2.24, 2.45) is 5.92 Å². The number of amides is 2. The van der Waals surface area contributed by atoms with E-state index in [0.29, 0.717) is 19.6 Å². The fourth-order valence-electron chi connectivity index (χ4n) is 4.04. The van der Waals surface area contributed by atoms with Gasteiger partial charge in [0.1, 0.15) is 0 Å². The van der Waals surface area contributed by atoms with Gasteiger partial charge < -0.3 is 19.9 Å². The number of anilines is 1. The number of aromatic carboxylic acids is 1. The summed E-state index contributed by atoms with van der Waals surface area (Å²) in [7, 11) is 0. The van der Waals surface area contributed by atoms with Crippen LogP contribution in [-0.2, 0) is 6.54 Å². The summed E-state index contributed by atoms with van der Waals surface area (Å²) < 4.78 is 1.81. The third-order valence-electron chi connectivity index (χ3n) is 5.17. The maximum Gasteiger partial charge on any atom is 0.337 e. The van der Waals surface area contributed by atoms with Crippen molar-refractivity contribution in [2.45, 2.75) is 18.9 Å². The van der Waals surface area contributed by atoms with Gasteiger partial charge >= 0.3 is 12.0 Å². The van der Waals surface area contributed by atoms with Crippen molar-refractivity contribution >= 4 is 17.7 Å². The molecule has 4 rings (SSSR count). The number of piperidine rings is 1. The number of nitrogens with zero attached hydrogens (tertiary/aromatic N) is 2. The Balaban J connectivity index is 1.55. The van der Waals surface area contributed by atoms with Gasteiger partial charge in [0.2, 0.25) is 0 Å². The number of fused-ring (bicyclic) bond motifs is 4. The minimum Gasteiger partial charge on any atom is -0.478 e. The molecule has 2 atom stereocenters. The molecule has 2 aliphatic rings. The number of aromatic nitrogens is 1. The number of hydrogen-bond acceptors (Lipinski definition) is 3. The fourth-order valence-corrected chi connectivity index (χ4v) is 4.04. The summed E-state index contributed by atoms with van der Waals surface area (Å²) in [4.78, 5) is 37.8. The lowest BCUT2D eigenvalue weighted by molar-refractivity contribution is 0.0698. The number of nitrogens with one attached hydrogen (secondary N) is 1. The molecule has 1 aromatic carbocycles. The molecule has 2 bridgehead atoms. The first-order chi connectivity index (χ1) is 12.5. The van der Waals surface area contributed by atoms with E-state index < -0.39 is 5.97 Å². The fraction of sp³-hybridized carbons (Fsp3) is 0.316. The zero-order valence-electron chi connectivity index (χ0n) is 14.1. The predicted octanol–water partition coefficient (Wildman–Crippen LogP) is 2.20. The van der Waals surface area contributed by atoms with E-state index in [2.05, 4.69) is 5.32 Å². The normalized spacial score (nSPS) is 21.0. The number of carboxylic acids is 1. The number of benzene rings is 1. The molecule has 2 aromatic rings. The van der Waals surface area contributed by atoms with Crippen molar-refractivity contribution in [3.05, 3.63) is 64.1 Å². The minimum absolute atomic E-state index is 0.00508. The van der Waals surface area contributed by atoms with E-state index in [1.807, 2.05) is 10.6 Å². The van der Waals surface area contributed by atoms with Gasteiger partial charge in [0.05, 0.1) is 11.3 Å². The van der Waals surface area contributed by atoms with E-state index in [4.69, 9.17) is 0 Å². The van der Waals surface area contributed by atoms with E-state index >= 15 is 0 Å². The highest BCUT2D eigenvalue weighted by molar-refractivity contribution is 6.00. The molecule has 26 heavy (non-hydrogen) atoms. The van der Waals surface area contributed by atoms with Crippen LogP contribution in [0.5, 0.6) is 0 Å². The predicted molar refractivity (Wildman–Crippen MR) is 95.5 cm³/mol. The smallest absolute Gasteiger partial charge is 0.337 e. The third kappa shape index (κ3) is 2.85. The van der Waals surface area contributed by atoms with E-state index in [9.17, 15) is 19.5 Å². The van der Waals surface area contributed by atoms with E-state index in [-0.39, 0.29) is 34.7 Å². The van der Waals surface area contributed by atoms with Crippen LogP contribution < -0.4 is 10.9 Å². The lowest BCUT2D eigenvalue weighted by atomic mass is 9.83. The van der Waals surface area contributed by atoms with Gasteiger partial charge in [-0.2, -0.15) is 0 Å². The van der Waals surface area contributed by atoms with Crippen LogP contribution in [-0.4, -0.2) is 39.7 Å². The second-order valence-corrected chi connectivity index (χ2v) is 6.88. The van der Waals surface area contributed by atoms with Gasteiger partial charge in [-0.1, -0.05) is 18.2 Å². The Morgan fingerprint density at radius 3 is 2.65 bits per heavy atom. The highest BCUT2D eigenvalue weighted by atomic mass is 16.4. The monoisotopic (exact) mass is 353 g/mol. The first-order valence-corrected chi connectivity index (χ1v) is 8.61. The number of rotatable bonds is 2. The molecule has 2 aliphatic heterocycles. The van der Waals surface area contributed by atoms with E-state index in [1.54, 1.807) is 35.2 Å². The zero-order chi connectivity index (χ0) is 18.3. The number of carboxylic acid groups (broad SMARTS) is 1. The highest BCUT2D eigenvalue weighted by Gasteiger charge is 2.36. The molecule has 134 valence electrons. The van der Waals surface area contributed by atoms with Crippen molar-refractivity contribution in [3.63, 3.8) is 0 Å². The summed E-state index contributed by atoms with van der Waals surface area (Å²) in [6, 6.07) is 11.3. The van der Waals surface area contributed by atoms with Crippen molar-refractivity contribution < 1.29 is 14.7 Å². The number of para-hydroxylation sites is 1. The van der Waals surface area contributed by atoms with Crippen LogP contribution in [0.1, 0.15) is 28.4 Å². The molecule has 2 N–H and O–H groups in total. The molecule has 1 fully saturated rings. The topological polar surface area (TPSA) is 91.6 Å². The van der Waals surface area contributed by atoms with Crippen molar-refractivity contribution in [1.82, 2.24) is 9.47 Å². The molecule has 3 heterocycles. The number of carbonyl (C=O) groups excluding carboxylic acids is 1. The number of hydrogen-bond donors (Lipinski definition) is 2. The van der Waals surface area contributed by atoms with Crippen LogP contribution >= 0.6 is 0 Å². The highest BCUT2D eigenvalue weighted by Crippen LogP contribution is 2.35. The summed E-state index contributed by atoms with van der Waals surface area (Å²) in [5, 5.41) is 12.0. The molecule has 0 aliphatic carbocycles. The molecule has 0 saturated carbocycles. The molecule has 7 nitrogen and oxygen atoms in total. The molecule has 0 spiro atoms. The Bertz CT molecular complexity index is 936. The lowest BCUT2D eigenvalue weighted by Crippen LogP contribution is -2.50. The Kier molecular flexibility index (Phi) is 3.99. The van der Waals surface area contributed by atoms with Gasteiger partial charge in [0.25, 0.3) is 5.56 Å². The Labute approximate surface area is 149 Å². The van der Waals surface area contributed by atoms with E-state index in [0.717, 1.165) is 12.1 Å². The molecular formula is C19H19N3O4. The standard InChI is InChI=1S/C19H19N3O4/c23-17-7-3-6-16-13-8-12(10-22(16)17)9-21(11-13)19(26)20-15-5-2-1-4-14(15)18(24)25/h1-7,12-13H,8-11H2,(H,20,26)(H,24,25)/t12-,13+/m0/s1. The molecule has 2 amide bonds. The largest absolute Gasteiger partial charge is 0.478 e. The maximum atomic E-state index is 12.7. The van der Waals surface area contributed by atoms with Crippen LogP contribution in [0.25, 0.3) is 0 Å². The van der Waals surface area contributed by atoms with Crippen LogP contribution in [0.3, 0.4) is 0 Å². The zero-order valence-corrected chi connectivity index (χ0v) is 14.1. The van der Waals surface area contributed by atoms with Crippen molar-refractivity contribution in [2.75, 3.05) is 18.4 Å². The van der Waals surface area contributed by atoms with Gasteiger partial charge in [-0.3, -0.25) is 4.79 Å². The minimum atomic E-state index is -1.08. The Morgan fingerprint density at radius 2 is 1.85 bits per heavy atom. The van der Waals surface area contributed by atoms with Gasteiger partial charge in [0, 0.05) is 37.3 Å². The molecule has 1 aromatic heterocycles. The summed E-state index contributed by atoms with van der Waals surface area (Å²) in [5.74, 6) is -0.733. The van der Waals surface area contributed by atoms with Gasteiger partial charge in [0.15, 0.2) is 0 Å². The molecular weight excluding hydrogens is 334 g/mol. The van der Waals surface area contributed by atoms with Crippen molar-refractivity contribution in [1.29, 1.82) is 0 Å². The maximum absolute atomic E-state index is 12.7. The van der Waals surface area contributed by atoms with Crippen molar-refractivity contribution in [3.8, 4) is 0 Å². The summed E-state index contributed by atoms with van der Waals surface area (Å²) >= 11 is 0. The first kappa shape index (κ1) is 16.4. The van der Waals surface area contributed by atoms with Crippen LogP contribution in [0.4, 0.5) is 10.5 Å². The Morgan fingerprint density at radius 1 is 1.04 bits per heavy atom. The number of pyridine rings is 1. The van der Waals surface area contributed by atoms with E-state index in [1.165, 1.54) is 6.07 Å². The first-order valence-electron chi connectivity index (χ1n) is 8.61. The molecule has 7 heteroatoms. The van der Waals surface area contributed by atoms with Gasteiger partial charge in [-0.05, 0) is 30.5 Å². The number of likely N-dealkylation sites (tertiary alicyclic amines) is 1. The average Bonchev–Trinajstić information content (AvgIpc) is 2.63. The molecule has 1 saturated heterocycles. The van der Waals surface area contributed by atoms with Gasteiger partial charge in [-0.15, -0.1) is 0 Å². The van der Waals surface area contributed by atoms with Gasteiger partial charge in [-0.25, -0.2) is 9.59 Å². The lowest BCUT2D eigenvalue weighted by Gasteiger charge is -2.42. The average molecular weight is 353 g/mol. The SMILES string of the molecule is O=C(O)c1ccccc1NC(=O)N1C[C@@H]2C[C@H](C1)c1cccc(=O)n1C2. The quantitative estimate of drug-likeness (QED) is 0.866. The number of carbonyl (C=O) groups is 2. The second-order valence-electron chi connectivity index (χ2n) is 6.88. The number of urea groups is 1. The van der Waals surface area contributed by atoms with Crippen LogP contribution in [0.15, 0.2) is 47.3 Å². The van der Waals surface area contributed by atoms with Crippen LogP contribution in [0, 0.1) is 5.92 Å². The summed E-state index contributed by atoms with van der Waals surface area (Å²) in [6.45, 7) is 1.68. The third-order valence-corrected chi connectivity index (χ3v) is 5.17. The summed E-state index contributed by atoms with van der Waals surface area (Å²) in [6.07, 6.45) is 0.957. The Hall–Kier alpha value is -3.09. The van der Waals surface area contributed by atoms with Crippen LogP contribution in [0.2, 0.25) is 0 Å². The molecule has 0 unspecified atom stereocenters.